The number of ketones is 2. The van der Waals surface area contributed by atoms with Gasteiger partial charge < -0.3 is 20.6 Å². The lowest BCUT2D eigenvalue weighted by Gasteiger charge is -2.44. The summed E-state index contributed by atoms with van der Waals surface area (Å²) in [6.07, 6.45) is 1.94. The predicted molar refractivity (Wildman–Crippen MR) is 148 cm³/mol. The first-order chi connectivity index (χ1) is 19.2. The molecule has 2 saturated heterocycles. The maximum Gasteiger partial charge on any atom is 0.226 e. The van der Waals surface area contributed by atoms with Crippen LogP contribution in [0.2, 0.25) is 0 Å². The number of Topliss-reactive ketones (excluding diaryl/α,β-unsaturated/α-hetero) is 2. The van der Waals surface area contributed by atoms with Gasteiger partial charge in [0.15, 0.2) is 11.6 Å². The topological polar surface area (TPSA) is 115 Å². The molecule has 0 radical (unpaired) electrons. The van der Waals surface area contributed by atoms with Crippen LogP contribution in [-0.2, 0) is 22.6 Å². The van der Waals surface area contributed by atoms with Gasteiger partial charge in [-0.25, -0.2) is 9.37 Å². The van der Waals surface area contributed by atoms with E-state index in [0.717, 1.165) is 16.8 Å². The number of piperazine rings is 1. The number of nitrogens with one attached hydrogen (secondary N) is 2. The van der Waals surface area contributed by atoms with E-state index in [1.54, 1.807) is 17.9 Å². The maximum absolute atomic E-state index is 14.6. The molecule has 2 aromatic carbocycles. The van der Waals surface area contributed by atoms with Gasteiger partial charge in [0.2, 0.25) is 5.91 Å². The Bertz CT molecular complexity index is 1560. The van der Waals surface area contributed by atoms with Crippen LogP contribution < -0.4 is 10.6 Å². The molecule has 0 saturated carbocycles. The fourth-order valence-electron chi connectivity index (χ4n) is 5.84. The Balaban J connectivity index is 1.21. The number of nitrogens with zero attached hydrogens (tertiary/aromatic N) is 3. The van der Waals surface area contributed by atoms with Crippen molar-refractivity contribution < 1.29 is 23.9 Å². The summed E-state index contributed by atoms with van der Waals surface area (Å²) in [6, 6.07) is 9.62. The van der Waals surface area contributed by atoms with Crippen LogP contribution in [0.1, 0.15) is 40.4 Å². The molecule has 0 aliphatic carbocycles. The number of hydrogen-bond acceptors (Lipinski definition) is 8. The number of hydrogen-bond donors (Lipinski definition) is 3. The first-order valence-electron chi connectivity index (χ1n) is 13.4. The Hall–Kier alpha value is -4.31. The Labute approximate surface area is 231 Å². The molecule has 3 aliphatic heterocycles. The molecule has 10 heteroatoms. The average molecular weight is 544 g/mol. The number of rotatable bonds is 4. The molecule has 40 heavy (non-hydrogen) atoms. The molecular formula is C30H30FN5O4. The summed E-state index contributed by atoms with van der Waals surface area (Å²) in [5.74, 6) is -0.487. The van der Waals surface area contributed by atoms with E-state index in [-0.39, 0.29) is 41.2 Å². The number of aryl methyl sites for hydroxylation is 1. The minimum atomic E-state index is -0.544. The van der Waals surface area contributed by atoms with Crippen LogP contribution in [0.5, 0.6) is 5.75 Å². The van der Waals surface area contributed by atoms with Gasteiger partial charge in [0.05, 0.1) is 16.9 Å². The summed E-state index contributed by atoms with van der Waals surface area (Å²) < 4.78 is 14.6. The van der Waals surface area contributed by atoms with Crippen LogP contribution in [0.25, 0.3) is 0 Å². The lowest BCUT2D eigenvalue weighted by atomic mass is 9.90. The summed E-state index contributed by atoms with van der Waals surface area (Å²) in [7, 11) is 0. The SMILES string of the molecule is Cc1cc(F)c(Nc2ccnc3c2C(=O)Cc2cc(CN4CCN5C(=O)C(C)CC(=O)C5C4)ccc2N3)cc1O. The van der Waals surface area contributed by atoms with E-state index in [9.17, 15) is 23.9 Å². The summed E-state index contributed by atoms with van der Waals surface area (Å²) >= 11 is 0. The van der Waals surface area contributed by atoms with Crippen molar-refractivity contribution >= 4 is 40.4 Å². The number of aromatic nitrogens is 1. The molecule has 2 atom stereocenters. The van der Waals surface area contributed by atoms with E-state index in [1.807, 2.05) is 25.1 Å². The largest absolute Gasteiger partial charge is 0.508 e. The molecule has 6 rings (SSSR count). The minimum absolute atomic E-state index is 0.0520. The predicted octanol–water partition coefficient (Wildman–Crippen LogP) is 4.08. The van der Waals surface area contributed by atoms with Gasteiger partial charge in [-0.2, -0.15) is 0 Å². The summed E-state index contributed by atoms with van der Waals surface area (Å²) in [5, 5.41) is 16.3. The highest BCUT2D eigenvalue weighted by Crippen LogP contribution is 2.36. The molecular weight excluding hydrogens is 513 g/mol. The van der Waals surface area contributed by atoms with Gasteiger partial charge in [-0.3, -0.25) is 19.3 Å². The maximum atomic E-state index is 14.6. The van der Waals surface area contributed by atoms with Gasteiger partial charge in [0, 0.05) is 62.9 Å². The van der Waals surface area contributed by atoms with Crippen molar-refractivity contribution in [3.8, 4) is 5.75 Å². The molecule has 0 bridgehead atoms. The third-order valence-electron chi connectivity index (χ3n) is 8.01. The molecule has 1 aromatic heterocycles. The van der Waals surface area contributed by atoms with Crippen LogP contribution in [0.15, 0.2) is 42.6 Å². The molecule has 4 heterocycles. The lowest BCUT2D eigenvalue weighted by Crippen LogP contribution is -2.62. The lowest BCUT2D eigenvalue weighted by molar-refractivity contribution is -0.153. The number of anilines is 4. The molecule has 2 unspecified atom stereocenters. The molecule has 3 aromatic rings. The van der Waals surface area contributed by atoms with Gasteiger partial charge in [0.1, 0.15) is 23.4 Å². The van der Waals surface area contributed by atoms with E-state index in [2.05, 4.69) is 20.5 Å². The van der Waals surface area contributed by atoms with Crippen molar-refractivity contribution in [1.82, 2.24) is 14.8 Å². The second-order valence-corrected chi connectivity index (χ2v) is 10.9. The summed E-state index contributed by atoms with van der Waals surface area (Å²) in [5.41, 5.74) is 3.73. The smallest absolute Gasteiger partial charge is 0.226 e. The highest BCUT2D eigenvalue weighted by atomic mass is 19.1. The first kappa shape index (κ1) is 25.9. The quantitative estimate of drug-likeness (QED) is 0.451. The number of pyridine rings is 1. The van der Waals surface area contributed by atoms with E-state index >= 15 is 0 Å². The van der Waals surface area contributed by atoms with Crippen molar-refractivity contribution in [2.45, 2.75) is 39.3 Å². The van der Waals surface area contributed by atoms with E-state index < -0.39 is 11.9 Å². The highest BCUT2D eigenvalue weighted by Gasteiger charge is 2.41. The number of piperidine rings is 1. The molecule has 9 nitrogen and oxygen atoms in total. The molecule has 3 N–H and O–H groups in total. The summed E-state index contributed by atoms with van der Waals surface area (Å²) in [4.78, 5) is 46.9. The van der Waals surface area contributed by atoms with Crippen molar-refractivity contribution in [2.24, 2.45) is 5.92 Å². The monoisotopic (exact) mass is 543 g/mol. The van der Waals surface area contributed by atoms with Crippen LogP contribution >= 0.6 is 0 Å². The fourth-order valence-corrected chi connectivity index (χ4v) is 5.84. The average Bonchev–Trinajstić information content (AvgIpc) is 3.06. The molecule has 1 amide bonds. The number of benzene rings is 2. The van der Waals surface area contributed by atoms with Crippen molar-refractivity contribution in [1.29, 1.82) is 0 Å². The minimum Gasteiger partial charge on any atom is -0.508 e. The second-order valence-electron chi connectivity index (χ2n) is 10.9. The zero-order valence-electron chi connectivity index (χ0n) is 22.3. The zero-order valence-corrected chi connectivity index (χ0v) is 22.3. The van der Waals surface area contributed by atoms with E-state index in [0.29, 0.717) is 55.2 Å². The Morgan fingerprint density at radius 3 is 2.77 bits per heavy atom. The molecule has 206 valence electrons. The van der Waals surface area contributed by atoms with Gasteiger partial charge in [-0.1, -0.05) is 19.1 Å². The third kappa shape index (κ3) is 4.68. The zero-order chi connectivity index (χ0) is 28.1. The Kier molecular flexibility index (Phi) is 6.50. The van der Waals surface area contributed by atoms with Crippen molar-refractivity contribution in [3.63, 3.8) is 0 Å². The standard InChI is InChI=1S/C30H30FN5O4/c1-16-9-20(31)23(13-25(16)37)33-22-5-6-32-29-28(22)27(39)12-19-11-18(3-4-21(19)34-29)14-35-7-8-36-24(15-35)26(38)10-17(2)30(36)40/h3-6,9,11,13,17,24,37H,7-8,10,12,14-15H2,1-2H3,(H2,32,33,34). The summed E-state index contributed by atoms with van der Waals surface area (Å²) in [6.45, 7) is 5.72. The van der Waals surface area contributed by atoms with Crippen LogP contribution in [0.3, 0.4) is 0 Å². The number of aromatic hydroxyl groups is 1. The number of phenolic OH excluding ortho intramolecular Hbond substituents is 1. The number of amides is 1. The number of halogens is 1. The Morgan fingerprint density at radius 2 is 1.95 bits per heavy atom. The van der Waals surface area contributed by atoms with Gasteiger partial charge in [-0.15, -0.1) is 0 Å². The normalized spacial score (nSPS) is 20.8. The third-order valence-corrected chi connectivity index (χ3v) is 8.01. The number of carbonyl (C=O) groups excluding carboxylic acids is 3. The van der Waals surface area contributed by atoms with Gasteiger partial charge >= 0.3 is 0 Å². The van der Waals surface area contributed by atoms with Crippen LogP contribution in [0.4, 0.5) is 27.3 Å². The fraction of sp³-hybridized carbons (Fsp3) is 0.333. The van der Waals surface area contributed by atoms with E-state index in [4.69, 9.17) is 0 Å². The number of carbonyl (C=O) groups is 3. The number of phenols is 1. The van der Waals surface area contributed by atoms with Crippen LogP contribution in [-0.4, -0.2) is 63.0 Å². The molecule has 2 fully saturated rings. The molecule has 3 aliphatic rings. The first-order valence-corrected chi connectivity index (χ1v) is 13.4. The Morgan fingerprint density at radius 1 is 1.12 bits per heavy atom. The second kappa shape index (κ2) is 10.0. The van der Waals surface area contributed by atoms with Crippen molar-refractivity contribution in [3.05, 3.63) is 70.7 Å². The highest BCUT2D eigenvalue weighted by molar-refractivity contribution is 6.09. The van der Waals surface area contributed by atoms with Crippen LogP contribution in [0, 0.1) is 18.7 Å². The molecule has 0 spiro atoms. The van der Waals surface area contributed by atoms with E-state index in [1.165, 1.54) is 18.3 Å². The van der Waals surface area contributed by atoms with Crippen molar-refractivity contribution in [2.75, 3.05) is 30.3 Å². The number of fused-ring (bicyclic) bond motifs is 3. The van der Waals surface area contributed by atoms with Gasteiger partial charge in [-0.05, 0) is 41.8 Å². The van der Waals surface area contributed by atoms with Gasteiger partial charge in [0.25, 0.3) is 0 Å².